The number of halogens is 4. The zero-order valence-corrected chi connectivity index (χ0v) is 23.3. The minimum absolute atomic E-state index is 0.200. The van der Waals surface area contributed by atoms with E-state index < -0.39 is 17.7 Å². The SMILES string of the molecule is Cc1cc(OCCCN2CCC(C(O)(c3ccccc3)c3ccccc3)CC2)ccc1Br.O=C(O)C(F)(F)F. The van der Waals surface area contributed by atoms with Gasteiger partial charge in [-0.05, 0) is 80.1 Å². The fraction of sp³-hybridized carbons (Fsp3) is 0.367. The Morgan fingerprint density at radius 2 is 1.49 bits per heavy atom. The van der Waals surface area contributed by atoms with Crippen molar-refractivity contribution in [2.24, 2.45) is 5.92 Å². The number of aryl methyl sites for hydroxylation is 1. The lowest BCUT2D eigenvalue weighted by Gasteiger charge is -2.42. The Morgan fingerprint density at radius 3 is 1.95 bits per heavy atom. The van der Waals surface area contributed by atoms with E-state index in [1.807, 2.05) is 48.5 Å². The van der Waals surface area contributed by atoms with Gasteiger partial charge in [-0.15, -0.1) is 0 Å². The van der Waals surface area contributed by atoms with E-state index in [9.17, 15) is 18.3 Å². The van der Waals surface area contributed by atoms with Crippen molar-refractivity contribution in [3.8, 4) is 5.75 Å². The maximum absolute atomic E-state index is 12.0. The fourth-order valence-electron chi connectivity index (χ4n) is 4.78. The number of carboxylic acid groups (broad SMARTS) is 1. The number of aliphatic hydroxyl groups is 1. The van der Waals surface area contributed by atoms with Gasteiger partial charge in [0.05, 0.1) is 6.61 Å². The third-order valence-electron chi connectivity index (χ3n) is 6.87. The van der Waals surface area contributed by atoms with Gasteiger partial charge in [-0.3, -0.25) is 0 Å². The van der Waals surface area contributed by atoms with Crippen LogP contribution in [0, 0.1) is 12.8 Å². The number of benzene rings is 3. The Labute approximate surface area is 235 Å². The van der Waals surface area contributed by atoms with Crippen molar-refractivity contribution in [3.05, 3.63) is 100 Å². The molecule has 9 heteroatoms. The second-order valence-corrected chi connectivity index (χ2v) is 10.4. The highest BCUT2D eigenvalue weighted by molar-refractivity contribution is 9.10. The average Bonchev–Trinajstić information content (AvgIpc) is 2.93. The van der Waals surface area contributed by atoms with E-state index in [4.69, 9.17) is 14.6 Å². The quantitative estimate of drug-likeness (QED) is 0.275. The number of rotatable bonds is 8. The van der Waals surface area contributed by atoms with Gasteiger partial charge in [0.15, 0.2) is 0 Å². The summed E-state index contributed by atoms with van der Waals surface area (Å²) in [5.74, 6) is -1.63. The number of hydrogen-bond donors (Lipinski definition) is 2. The first kappa shape index (κ1) is 30.7. The van der Waals surface area contributed by atoms with Gasteiger partial charge in [0.2, 0.25) is 0 Å². The molecule has 3 aromatic rings. The topological polar surface area (TPSA) is 70.0 Å². The van der Waals surface area contributed by atoms with Crippen LogP contribution < -0.4 is 4.74 Å². The molecule has 0 amide bonds. The van der Waals surface area contributed by atoms with Crippen molar-refractivity contribution in [2.75, 3.05) is 26.2 Å². The molecule has 0 bridgehead atoms. The van der Waals surface area contributed by atoms with E-state index in [1.165, 1.54) is 5.56 Å². The lowest BCUT2D eigenvalue weighted by atomic mass is 9.72. The summed E-state index contributed by atoms with van der Waals surface area (Å²) in [6.45, 7) is 5.83. The first-order chi connectivity index (χ1) is 18.5. The highest BCUT2D eigenvalue weighted by atomic mass is 79.9. The minimum Gasteiger partial charge on any atom is -0.494 e. The van der Waals surface area contributed by atoms with Crippen LogP contribution in [0.15, 0.2) is 83.3 Å². The normalized spacial score (nSPS) is 14.8. The number of aliphatic carboxylic acids is 1. The summed E-state index contributed by atoms with van der Waals surface area (Å²) in [6, 6.07) is 26.4. The molecule has 210 valence electrons. The summed E-state index contributed by atoms with van der Waals surface area (Å²) in [6.07, 6.45) is -2.12. The van der Waals surface area contributed by atoms with Gasteiger partial charge < -0.3 is 19.8 Å². The molecule has 3 aromatic carbocycles. The summed E-state index contributed by atoms with van der Waals surface area (Å²) in [5.41, 5.74) is 2.22. The average molecular weight is 608 g/mol. The van der Waals surface area contributed by atoms with Gasteiger partial charge in [-0.2, -0.15) is 13.2 Å². The van der Waals surface area contributed by atoms with Crippen LogP contribution in [0.4, 0.5) is 13.2 Å². The van der Waals surface area contributed by atoms with E-state index >= 15 is 0 Å². The maximum atomic E-state index is 12.0. The molecule has 39 heavy (non-hydrogen) atoms. The number of carboxylic acids is 1. The molecule has 0 atom stereocenters. The van der Waals surface area contributed by atoms with Crippen LogP contribution in [0.25, 0.3) is 0 Å². The number of ether oxygens (including phenoxy) is 1. The Balaban J connectivity index is 0.000000532. The molecule has 0 spiro atoms. The molecule has 0 aliphatic carbocycles. The number of alkyl halides is 3. The third-order valence-corrected chi connectivity index (χ3v) is 7.76. The largest absolute Gasteiger partial charge is 0.494 e. The van der Waals surface area contributed by atoms with Gasteiger partial charge in [0.25, 0.3) is 0 Å². The van der Waals surface area contributed by atoms with Gasteiger partial charge in [-0.1, -0.05) is 76.6 Å². The van der Waals surface area contributed by atoms with Crippen molar-refractivity contribution in [1.82, 2.24) is 4.90 Å². The third kappa shape index (κ3) is 8.55. The highest BCUT2D eigenvalue weighted by Crippen LogP contribution is 2.41. The van der Waals surface area contributed by atoms with E-state index in [0.717, 1.165) is 66.9 Å². The van der Waals surface area contributed by atoms with Crippen molar-refractivity contribution >= 4 is 21.9 Å². The van der Waals surface area contributed by atoms with E-state index in [1.54, 1.807) is 0 Å². The molecule has 2 N–H and O–H groups in total. The first-order valence-electron chi connectivity index (χ1n) is 12.8. The Kier molecular flexibility index (Phi) is 11.0. The standard InChI is InChI=1S/C28H32BrNO2.C2HF3O2/c1-22-21-26(13-14-27(22)29)32-20-8-17-30-18-15-25(16-19-30)28(31,23-9-4-2-5-10-23)24-11-6-3-7-12-24;3-2(4,5)1(6)7/h2-7,9-14,21,25,31H,8,15-20H2,1H3;(H,6,7). The first-order valence-corrected chi connectivity index (χ1v) is 13.6. The molecule has 1 aliphatic rings. The lowest BCUT2D eigenvalue weighted by Crippen LogP contribution is -2.44. The Hall–Kier alpha value is -2.88. The maximum Gasteiger partial charge on any atom is 0.490 e. The summed E-state index contributed by atoms with van der Waals surface area (Å²) >= 11 is 3.53. The van der Waals surface area contributed by atoms with Crippen molar-refractivity contribution in [2.45, 2.75) is 38.0 Å². The van der Waals surface area contributed by atoms with Gasteiger partial charge in [-0.25, -0.2) is 4.79 Å². The van der Waals surface area contributed by atoms with Crippen LogP contribution in [0.2, 0.25) is 0 Å². The molecule has 1 aliphatic heterocycles. The summed E-state index contributed by atoms with van der Waals surface area (Å²) in [4.78, 5) is 11.4. The van der Waals surface area contributed by atoms with Crippen LogP contribution in [-0.2, 0) is 10.4 Å². The molecule has 0 radical (unpaired) electrons. The van der Waals surface area contributed by atoms with E-state index in [2.05, 4.69) is 58.1 Å². The molecule has 5 nitrogen and oxygen atoms in total. The van der Waals surface area contributed by atoms with Crippen molar-refractivity contribution in [1.29, 1.82) is 0 Å². The smallest absolute Gasteiger partial charge is 0.490 e. The molecule has 1 heterocycles. The number of piperidine rings is 1. The Bertz CT molecular complexity index is 1140. The van der Waals surface area contributed by atoms with Gasteiger partial charge in [0, 0.05) is 11.0 Å². The Morgan fingerprint density at radius 1 is 0.974 bits per heavy atom. The number of carbonyl (C=O) groups is 1. The molecular formula is C30H33BrF3NO4. The van der Waals surface area contributed by atoms with Crippen LogP contribution in [0.3, 0.4) is 0 Å². The molecule has 0 aromatic heterocycles. The molecule has 4 rings (SSSR count). The summed E-state index contributed by atoms with van der Waals surface area (Å²) in [5, 5.41) is 19.1. The highest BCUT2D eigenvalue weighted by Gasteiger charge is 2.41. The molecule has 1 saturated heterocycles. The molecule has 0 saturated carbocycles. The van der Waals surface area contributed by atoms with Crippen LogP contribution in [0.1, 0.15) is 36.0 Å². The van der Waals surface area contributed by atoms with Gasteiger partial charge in [0.1, 0.15) is 11.4 Å². The number of nitrogens with zero attached hydrogens (tertiary/aromatic N) is 1. The second kappa shape index (κ2) is 14.0. The van der Waals surface area contributed by atoms with Crippen LogP contribution >= 0.6 is 15.9 Å². The lowest BCUT2D eigenvalue weighted by molar-refractivity contribution is -0.192. The fourth-order valence-corrected chi connectivity index (χ4v) is 5.03. The minimum atomic E-state index is -5.08. The predicted octanol–water partition coefficient (Wildman–Crippen LogP) is 6.81. The van der Waals surface area contributed by atoms with E-state index in [-0.39, 0.29) is 5.92 Å². The monoisotopic (exact) mass is 607 g/mol. The molecular weight excluding hydrogens is 575 g/mol. The zero-order chi connectivity index (χ0) is 28.5. The number of likely N-dealkylation sites (tertiary alicyclic amines) is 1. The summed E-state index contributed by atoms with van der Waals surface area (Å²) in [7, 11) is 0. The van der Waals surface area contributed by atoms with Crippen molar-refractivity contribution in [3.63, 3.8) is 0 Å². The van der Waals surface area contributed by atoms with Crippen molar-refractivity contribution < 1.29 is 32.9 Å². The summed E-state index contributed by atoms with van der Waals surface area (Å²) < 4.78 is 38.8. The molecule has 0 unspecified atom stereocenters. The van der Waals surface area contributed by atoms with E-state index in [0.29, 0.717) is 0 Å². The number of hydrogen-bond acceptors (Lipinski definition) is 4. The second-order valence-electron chi connectivity index (χ2n) is 9.53. The van der Waals surface area contributed by atoms with Crippen LogP contribution in [0.5, 0.6) is 5.75 Å². The predicted molar refractivity (Wildman–Crippen MR) is 148 cm³/mol. The van der Waals surface area contributed by atoms with Gasteiger partial charge >= 0.3 is 12.1 Å². The zero-order valence-electron chi connectivity index (χ0n) is 21.7. The van der Waals surface area contributed by atoms with Crippen LogP contribution in [-0.4, -0.2) is 53.5 Å². The molecule has 1 fully saturated rings.